The number of methoxy groups -OCH3 is 1. The van der Waals surface area contributed by atoms with Crippen LogP contribution in [-0.4, -0.2) is 51.1 Å². The summed E-state index contributed by atoms with van der Waals surface area (Å²) in [5, 5.41) is 10.2. The molecule has 1 aliphatic heterocycles. The molecule has 9 heteroatoms. The molecule has 1 amide bonds. The van der Waals surface area contributed by atoms with E-state index in [0.29, 0.717) is 22.8 Å². The fraction of sp³-hybridized carbons (Fsp3) is 0.379. The number of benzene rings is 2. The third-order valence-corrected chi connectivity index (χ3v) is 7.16. The Morgan fingerprint density at radius 2 is 1.89 bits per heavy atom. The molecule has 2 heterocycles. The normalized spacial score (nSPS) is 18.0. The summed E-state index contributed by atoms with van der Waals surface area (Å²) in [4.78, 5) is 36.2. The number of hydrogen-bond donors (Lipinski definition) is 1. The first-order valence-corrected chi connectivity index (χ1v) is 12.8. The van der Waals surface area contributed by atoms with Crippen molar-refractivity contribution in [1.29, 1.82) is 0 Å². The Bertz CT molecular complexity index is 1260. The number of fused-ring (bicyclic) bond motifs is 1. The van der Waals surface area contributed by atoms with Crippen molar-refractivity contribution in [2.75, 3.05) is 7.11 Å². The molecule has 198 valence electrons. The van der Waals surface area contributed by atoms with Crippen molar-refractivity contribution in [3.05, 3.63) is 83.4 Å². The van der Waals surface area contributed by atoms with Gasteiger partial charge in [0.15, 0.2) is 17.6 Å². The molecule has 1 aromatic heterocycles. The van der Waals surface area contributed by atoms with E-state index < -0.39 is 18.1 Å². The Labute approximate surface area is 221 Å². The Kier molecular flexibility index (Phi) is 7.83. The van der Waals surface area contributed by atoms with Crippen LogP contribution < -0.4 is 9.47 Å². The lowest BCUT2D eigenvalue weighted by molar-refractivity contribution is -0.160. The predicted octanol–water partition coefficient (Wildman–Crippen LogP) is 4.10. The minimum atomic E-state index is -1.08. The summed E-state index contributed by atoms with van der Waals surface area (Å²) in [6.07, 6.45) is 7.88. The van der Waals surface area contributed by atoms with Crippen LogP contribution in [0.3, 0.4) is 0 Å². The smallest absolute Gasteiger partial charge is 0.326 e. The molecule has 0 saturated heterocycles. The van der Waals surface area contributed by atoms with E-state index in [1.54, 1.807) is 24.7 Å². The lowest BCUT2D eigenvalue weighted by atomic mass is 9.91. The number of aromatic nitrogens is 2. The number of hydrogen-bond acceptors (Lipinski definition) is 7. The summed E-state index contributed by atoms with van der Waals surface area (Å²) >= 11 is 0. The third-order valence-electron chi connectivity index (χ3n) is 7.16. The lowest BCUT2D eigenvalue weighted by Crippen LogP contribution is -2.50. The number of nitrogens with zero attached hydrogens (tertiary/aromatic N) is 3. The van der Waals surface area contributed by atoms with Crippen molar-refractivity contribution in [3.8, 4) is 11.5 Å². The molecular formula is C29H31N3O6. The van der Waals surface area contributed by atoms with E-state index in [4.69, 9.17) is 14.2 Å². The van der Waals surface area contributed by atoms with Crippen molar-refractivity contribution in [2.45, 2.75) is 63.5 Å². The Morgan fingerprint density at radius 1 is 1.11 bits per heavy atom. The van der Waals surface area contributed by atoms with Crippen molar-refractivity contribution < 1.29 is 28.9 Å². The summed E-state index contributed by atoms with van der Waals surface area (Å²) in [5.41, 5.74) is 2.86. The number of aliphatic carboxylic acids is 1. The van der Waals surface area contributed by atoms with Gasteiger partial charge in [-0.05, 0) is 30.0 Å². The lowest BCUT2D eigenvalue weighted by Gasteiger charge is -2.37. The highest BCUT2D eigenvalue weighted by atomic mass is 16.5. The summed E-state index contributed by atoms with van der Waals surface area (Å²) in [7, 11) is 1.54. The van der Waals surface area contributed by atoms with Crippen LogP contribution in [0.2, 0.25) is 0 Å². The monoisotopic (exact) mass is 517 g/mol. The van der Waals surface area contributed by atoms with Gasteiger partial charge < -0.3 is 24.2 Å². The summed E-state index contributed by atoms with van der Waals surface area (Å²) in [6.45, 7) is 0.264. The number of rotatable bonds is 9. The first-order chi connectivity index (χ1) is 18.5. The van der Waals surface area contributed by atoms with Crippen molar-refractivity contribution in [3.63, 3.8) is 0 Å². The van der Waals surface area contributed by atoms with Crippen LogP contribution >= 0.6 is 0 Å². The standard InChI is InChI=1S/C29H31N3O6/c1-36-25-12-11-20-17-32(28(33)26(19-7-3-2-4-8-19)38-22-9-5-6-10-22)24(29(34)35)15-23(20)27(25)37-18-21-16-30-13-14-31-21/h2-4,7-8,11-14,16,22,24,26H,5-6,9-10,15,17-18H2,1H3,(H,34,35)/t24-,26+/m1/s1. The largest absolute Gasteiger partial charge is 0.493 e. The third kappa shape index (κ3) is 5.47. The van der Waals surface area contributed by atoms with Crippen LogP contribution in [0.15, 0.2) is 61.1 Å². The fourth-order valence-corrected chi connectivity index (χ4v) is 5.21. The summed E-state index contributed by atoms with van der Waals surface area (Å²) in [5.74, 6) is -0.488. The molecule has 9 nitrogen and oxygen atoms in total. The minimum Gasteiger partial charge on any atom is -0.493 e. The number of carbonyl (C=O) groups excluding carboxylic acids is 1. The van der Waals surface area contributed by atoms with Gasteiger partial charge in [0.05, 0.1) is 25.1 Å². The topological polar surface area (TPSA) is 111 Å². The maximum absolute atomic E-state index is 14.0. The van der Waals surface area contributed by atoms with Crippen LogP contribution in [0.25, 0.3) is 0 Å². The Hall–Kier alpha value is -3.98. The second kappa shape index (κ2) is 11.6. The molecule has 0 unspecified atom stereocenters. The zero-order chi connectivity index (χ0) is 26.5. The van der Waals surface area contributed by atoms with Gasteiger partial charge >= 0.3 is 5.97 Å². The highest BCUT2D eigenvalue weighted by molar-refractivity contribution is 5.88. The van der Waals surface area contributed by atoms with Crippen molar-refractivity contribution in [1.82, 2.24) is 14.9 Å². The minimum absolute atomic E-state index is 0.0186. The molecule has 1 N–H and O–H groups in total. The number of ether oxygens (including phenoxy) is 3. The number of carbonyl (C=O) groups is 2. The van der Waals surface area contributed by atoms with E-state index in [2.05, 4.69) is 9.97 Å². The molecule has 2 atom stereocenters. The summed E-state index contributed by atoms with van der Waals surface area (Å²) < 4.78 is 18.0. The molecule has 2 aliphatic rings. The molecule has 0 radical (unpaired) electrons. The van der Waals surface area contributed by atoms with E-state index in [9.17, 15) is 14.7 Å². The van der Waals surface area contributed by atoms with Gasteiger partial charge in [0, 0.05) is 30.9 Å². The highest BCUT2D eigenvalue weighted by Crippen LogP contribution is 2.40. The molecule has 1 saturated carbocycles. The molecule has 0 bridgehead atoms. The van der Waals surface area contributed by atoms with Crippen LogP contribution in [0.4, 0.5) is 0 Å². The maximum atomic E-state index is 14.0. The van der Waals surface area contributed by atoms with Crippen LogP contribution in [-0.2, 0) is 33.9 Å². The van der Waals surface area contributed by atoms with Gasteiger partial charge in [-0.2, -0.15) is 0 Å². The van der Waals surface area contributed by atoms with Gasteiger partial charge in [0.1, 0.15) is 12.6 Å². The van der Waals surface area contributed by atoms with E-state index >= 15 is 0 Å². The van der Waals surface area contributed by atoms with Crippen molar-refractivity contribution >= 4 is 11.9 Å². The molecule has 1 aliphatic carbocycles. The van der Waals surface area contributed by atoms with Crippen LogP contribution in [0.1, 0.15) is 54.2 Å². The molecule has 38 heavy (non-hydrogen) atoms. The van der Waals surface area contributed by atoms with Gasteiger partial charge in [-0.1, -0.05) is 49.2 Å². The summed E-state index contributed by atoms with van der Waals surface area (Å²) in [6, 6.07) is 11.9. The molecular weight excluding hydrogens is 486 g/mol. The average molecular weight is 518 g/mol. The Balaban J connectivity index is 1.46. The molecule has 3 aromatic rings. The van der Waals surface area contributed by atoms with E-state index in [0.717, 1.165) is 36.8 Å². The SMILES string of the molecule is COc1ccc2c(c1OCc1cnccn1)C[C@H](C(=O)O)N(C(=O)[C@@H](OC1CCCC1)c1ccccc1)C2. The number of amides is 1. The highest BCUT2D eigenvalue weighted by Gasteiger charge is 2.41. The van der Waals surface area contributed by atoms with Gasteiger partial charge in [0.2, 0.25) is 0 Å². The van der Waals surface area contributed by atoms with Crippen LogP contribution in [0.5, 0.6) is 11.5 Å². The average Bonchev–Trinajstić information content (AvgIpc) is 3.48. The van der Waals surface area contributed by atoms with Gasteiger partial charge in [0.25, 0.3) is 5.91 Å². The molecule has 2 aromatic carbocycles. The molecule has 1 fully saturated rings. The van der Waals surface area contributed by atoms with Gasteiger partial charge in [-0.15, -0.1) is 0 Å². The Morgan fingerprint density at radius 3 is 2.58 bits per heavy atom. The van der Waals surface area contributed by atoms with Gasteiger partial charge in [-0.25, -0.2) is 4.79 Å². The zero-order valence-electron chi connectivity index (χ0n) is 21.3. The van der Waals surface area contributed by atoms with E-state index in [1.165, 1.54) is 12.0 Å². The van der Waals surface area contributed by atoms with Gasteiger partial charge in [-0.3, -0.25) is 14.8 Å². The van der Waals surface area contributed by atoms with Crippen LogP contribution in [0, 0.1) is 0 Å². The maximum Gasteiger partial charge on any atom is 0.326 e. The zero-order valence-corrected chi connectivity index (χ0v) is 21.3. The predicted molar refractivity (Wildman–Crippen MR) is 138 cm³/mol. The second-order valence-corrected chi connectivity index (χ2v) is 9.58. The molecule has 5 rings (SSSR count). The quantitative estimate of drug-likeness (QED) is 0.452. The first kappa shape index (κ1) is 25.7. The van der Waals surface area contributed by atoms with E-state index in [1.807, 2.05) is 36.4 Å². The number of carboxylic acids is 1. The fourth-order valence-electron chi connectivity index (χ4n) is 5.21. The van der Waals surface area contributed by atoms with E-state index in [-0.39, 0.29) is 31.6 Å². The van der Waals surface area contributed by atoms with Crippen molar-refractivity contribution in [2.24, 2.45) is 0 Å². The molecule has 0 spiro atoms. The first-order valence-electron chi connectivity index (χ1n) is 12.8. The second-order valence-electron chi connectivity index (χ2n) is 9.58. The number of carboxylic acid groups (broad SMARTS) is 1.